The van der Waals surface area contributed by atoms with Crippen molar-refractivity contribution >= 4 is 0 Å². The van der Waals surface area contributed by atoms with Crippen LogP contribution in [0.5, 0.6) is 5.75 Å². The van der Waals surface area contributed by atoms with Crippen LogP contribution in [0.3, 0.4) is 0 Å². The first-order valence-electron chi connectivity index (χ1n) is 7.17. The van der Waals surface area contributed by atoms with Gasteiger partial charge in [0.15, 0.2) is 0 Å². The number of aliphatic hydroxyl groups excluding tert-OH is 1. The Morgan fingerprint density at radius 3 is 2.14 bits per heavy atom. The molecule has 0 fully saturated rings. The Hall–Kier alpha value is -2.65. The molecule has 0 spiro atoms. The number of hydrogen-bond acceptors (Lipinski definition) is 3. The van der Waals surface area contributed by atoms with Gasteiger partial charge in [-0.15, -0.1) is 0 Å². The molecule has 0 unspecified atom stereocenters. The second-order valence-corrected chi connectivity index (χ2v) is 5.03. The minimum Gasteiger partial charge on any atom is -0.489 e. The van der Waals surface area contributed by atoms with Gasteiger partial charge in [0.2, 0.25) is 0 Å². The highest BCUT2D eigenvalue weighted by Crippen LogP contribution is 2.23. The van der Waals surface area contributed by atoms with Gasteiger partial charge >= 0.3 is 0 Å². The number of pyridine rings is 1. The van der Waals surface area contributed by atoms with Gasteiger partial charge < -0.3 is 9.84 Å². The van der Waals surface area contributed by atoms with Gasteiger partial charge in [0, 0.05) is 12.4 Å². The fourth-order valence-electron chi connectivity index (χ4n) is 2.23. The highest BCUT2D eigenvalue weighted by molar-refractivity contribution is 5.33. The molecular formula is C19H17NO2. The lowest BCUT2D eigenvalue weighted by Crippen LogP contribution is -2.00. The smallest absolute Gasteiger partial charge is 0.119 e. The lowest BCUT2D eigenvalue weighted by Gasteiger charge is -2.12. The lowest BCUT2D eigenvalue weighted by atomic mass is 10.0. The van der Waals surface area contributed by atoms with Crippen molar-refractivity contribution in [2.24, 2.45) is 0 Å². The summed E-state index contributed by atoms with van der Waals surface area (Å²) in [5.74, 6) is 0.787. The Morgan fingerprint density at radius 2 is 1.45 bits per heavy atom. The summed E-state index contributed by atoms with van der Waals surface area (Å²) in [7, 11) is 0. The number of hydrogen-bond donors (Lipinski definition) is 1. The minimum absolute atomic E-state index is 0.535. The number of rotatable bonds is 5. The molecule has 3 aromatic rings. The van der Waals surface area contributed by atoms with Crippen LogP contribution in [0.25, 0.3) is 0 Å². The van der Waals surface area contributed by atoms with Gasteiger partial charge in [0.1, 0.15) is 18.5 Å². The largest absolute Gasteiger partial charge is 0.489 e. The topological polar surface area (TPSA) is 42.4 Å². The maximum absolute atomic E-state index is 10.3. The van der Waals surface area contributed by atoms with Gasteiger partial charge in [-0.2, -0.15) is 0 Å². The summed E-state index contributed by atoms with van der Waals surface area (Å²) in [5.41, 5.74) is 2.79. The fourth-order valence-corrected chi connectivity index (χ4v) is 2.23. The summed E-state index contributed by atoms with van der Waals surface area (Å²) in [6.07, 6.45) is 2.71. The molecule has 0 radical (unpaired) electrons. The van der Waals surface area contributed by atoms with Gasteiger partial charge in [-0.25, -0.2) is 0 Å². The predicted molar refractivity (Wildman–Crippen MR) is 85.5 cm³/mol. The molecule has 0 aliphatic rings. The molecule has 3 heteroatoms. The first-order chi connectivity index (χ1) is 10.8. The number of ether oxygens (including phenoxy) is 1. The van der Waals surface area contributed by atoms with Crippen molar-refractivity contribution in [3.63, 3.8) is 0 Å². The van der Waals surface area contributed by atoms with Gasteiger partial charge in [-0.1, -0.05) is 42.5 Å². The zero-order valence-electron chi connectivity index (χ0n) is 12.1. The van der Waals surface area contributed by atoms with E-state index < -0.39 is 6.10 Å². The van der Waals surface area contributed by atoms with E-state index in [1.54, 1.807) is 12.4 Å². The summed E-state index contributed by atoms with van der Waals surface area (Å²) in [6, 6.07) is 21.2. The Balaban J connectivity index is 1.65. The van der Waals surface area contributed by atoms with E-state index in [4.69, 9.17) is 4.74 Å². The van der Waals surface area contributed by atoms with Gasteiger partial charge in [-0.3, -0.25) is 4.98 Å². The highest BCUT2D eigenvalue weighted by Gasteiger charge is 2.09. The van der Waals surface area contributed by atoms with Crippen molar-refractivity contribution in [3.8, 4) is 5.75 Å². The van der Waals surface area contributed by atoms with Crippen molar-refractivity contribution in [1.29, 1.82) is 0 Å². The zero-order valence-corrected chi connectivity index (χ0v) is 12.1. The van der Waals surface area contributed by atoms with E-state index in [9.17, 15) is 5.11 Å². The molecular weight excluding hydrogens is 274 g/mol. The Morgan fingerprint density at radius 1 is 0.818 bits per heavy atom. The second-order valence-electron chi connectivity index (χ2n) is 5.03. The quantitative estimate of drug-likeness (QED) is 0.778. The highest BCUT2D eigenvalue weighted by atomic mass is 16.5. The van der Waals surface area contributed by atoms with Crippen LogP contribution in [-0.4, -0.2) is 10.1 Å². The molecule has 0 amide bonds. The summed E-state index contributed by atoms with van der Waals surface area (Å²) < 4.78 is 5.74. The normalized spacial score (nSPS) is 11.9. The fraction of sp³-hybridized carbons (Fsp3) is 0.105. The molecule has 3 nitrogen and oxygen atoms in total. The van der Waals surface area contributed by atoms with E-state index >= 15 is 0 Å². The van der Waals surface area contributed by atoms with Crippen molar-refractivity contribution in [1.82, 2.24) is 4.98 Å². The Bertz CT molecular complexity index is 697. The zero-order chi connectivity index (χ0) is 15.2. The molecule has 1 heterocycles. The molecule has 2 aromatic carbocycles. The summed E-state index contributed by atoms with van der Waals surface area (Å²) in [4.78, 5) is 3.96. The molecule has 0 aliphatic heterocycles. The van der Waals surface area contributed by atoms with E-state index in [0.29, 0.717) is 6.61 Å². The molecule has 0 saturated heterocycles. The molecule has 1 atom stereocenters. The molecule has 1 aromatic heterocycles. The van der Waals surface area contributed by atoms with Crippen LogP contribution in [0.1, 0.15) is 22.8 Å². The van der Waals surface area contributed by atoms with Crippen LogP contribution >= 0.6 is 0 Å². The summed E-state index contributed by atoms with van der Waals surface area (Å²) in [5, 5.41) is 10.3. The molecule has 22 heavy (non-hydrogen) atoms. The second kappa shape index (κ2) is 6.87. The molecule has 110 valence electrons. The van der Waals surface area contributed by atoms with E-state index in [2.05, 4.69) is 4.98 Å². The lowest BCUT2D eigenvalue weighted by molar-refractivity contribution is 0.220. The molecule has 3 rings (SSSR count). The van der Waals surface area contributed by atoms with Crippen LogP contribution in [-0.2, 0) is 6.61 Å². The predicted octanol–water partition coefficient (Wildman–Crippen LogP) is 3.74. The Labute approximate surface area is 129 Å². The first-order valence-corrected chi connectivity index (χ1v) is 7.17. The van der Waals surface area contributed by atoms with E-state index in [0.717, 1.165) is 22.4 Å². The van der Waals surface area contributed by atoms with E-state index in [-0.39, 0.29) is 0 Å². The monoisotopic (exact) mass is 291 g/mol. The summed E-state index contributed by atoms with van der Waals surface area (Å²) in [6.45, 7) is 0.535. The number of benzene rings is 2. The van der Waals surface area contributed by atoms with Crippen molar-refractivity contribution < 1.29 is 9.84 Å². The van der Waals surface area contributed by atoms with Crippen molar-refractivity contribution in [2.75, 3.05) is 0 Å². The molecule has 0 aliphatic carbocycles. The minimum atomic E-state index is -0.647. The molecule has 0 saturated carbocycles. The maximum atomic E-state index is 10.3. The standard InChI is InChI=1S/C19H17NO2/c21-19(17-10-12-20-13-11-17)16-6-8-18(9-7-16)22-14-15-4-2-1-3-5-15/h1-13,19,21H,14H2/t19-/m0/s1. The third-order valence-corrected chi connectivity index (χ3v) is 3.47. The van der Waals surface area contributed by atoms with Gasteiger partial charge in [-0.05, 0) is 41.0 Å². The third-order valence-electron chi connectivity index (χ3n) is 3.47. The Kier molecular flexibility index (Phi) is 4.47. The van der Waals surface area contributed by atoms with Crippen LogP contribution in [0.2, 0.25) is 0 Å². The number of nitrogens with zero attached hydrogens (tertiary/aromatic N) is 1. The maximum Gasteiger partial charge on any atom is 0.119 e. The average molecular weight is 291 g/mol. The van der Waals surface area contributed by atoms with E-state index in [1.807, 2.05) is 66.7 Å². The summed E-state index contributed by atoms with van der Waals surface area (Å²) >= 11 is 0. The van der Waals surface area contributed by atoms with Crippen molar-refractivity contribution in [2.45, 2.75) is 12.7 Å². The van der Waals surface area contributed by atoms with E-state index in [1.165, 1.54) is 0 Å². The van der Waals surface area contributed by atoms with Gasteiger partial charge in [0.25, 0.3) is 0 Å². The number of aromatic nitrogens is 1. The van der Waals surface area contributed by atoms with Crippen molar-refractivity contribution in [3.05, 3.63) is 95.8 Å². The third kappa shape index (κ3) is 3.51. The van der Waals surface area contributed by atoms with Crippen LogP contribution in [0.4, 0.5) is 0 Å². The number of aliphatic hydroxyl groups is 1. The first kappa shape index (κ1) is 14.3. The molecule has 1 N–H and O–H groups in total. The molecule has 0 bridgehead atoms. The average Bonchev–Trinajstić information content (AvgIpc) is 2.61. The van der Waals surface area contributed by atoms with Crippen LogP contribution in [0.15, 0.2) is 79.1 Å². The van der Waals surface area contributed by atoms with Crippen LogP contribution < -0.4 is 4.74 Å². The SMILES string of the molecule is O[C@H](c1ccncc1)c1ccc(OCc2ccccc2)cc1. The van der Waals surface area contributed by atoms with Crippen LogP contribution in [0, 0.1) is 0 Å². The van der Waals surface area contributed by atoms with Gasteiger partial charge in [0.05, 0.1) is 0 Å².